The molecule has 1 amide bonds. The fraction of sp³-hybridized carbons (Fsp3) is 0.150. The van der Waals surface area contributed by atoms with Crippen LogP contribution in [0.5, 0.6) is 0 Å². The first-order valence-electron chi connectivity index (χ1n) is 8.70. The van der Waals surface area contributed by atoms with Crippen molar-refractivity contribution in [2.75, 3.05) is 10.7 Å². The zero-order valence-electron chi connectivity index (χ0n) is 14.8. The van der Waals surface area contributed by atoms with Crippen LogP contribution in [0.4, 0.5) is 5.82 Å². The average molecular weight is 411 g/mol. The third-order valence-electron chi connectivity index (χ3n) is 4.68. The Labute approximate surface area is 169 Å². The van der Waals surface area contributed by atoms with Crippen molar-refractivity contribution < 1.29 is 9.21 Å². The molecule has 1 unspecified atom stereocenters. The van der Waals surface area contributed by atoms with E-state index in [2.05, 4.69) is 15.2 Å². The number of anilines is 1. The lowest BCUT2D eigenvalue weighted by Crippen LogP contribution is -2.28. The Morgan fingerprint density at radius 2 is 2.11 bits per heavy atom. The second kappa shape index (κ2) is 6.68. The molecule has 6 nitrogen and oxygen atoms in total. The SMILES string of the molecule is Cc1cc(-c2ccco2)c2c(N3C(=O)CSC3c3ccc(Cl)cc3)n[nH]c2n1. The van der Waals surface area contributed by atoms with Crippen LogP contribution in [0.2, 0.25) is 5.02 Å². The number of H-pyrrole nitrogens is 1. The Morgan fingerprint density at radius 1 is 1.29 bits per heavy atom. The number of aromatic nitrogens is 3. The standard InChI is InChI=1S/C20H15ClN4O2S/c1-11-9-14(15-3-2-8-27-15)17-18(22-11)23-24-19(17)25-16(26)10-28-20(25)12-4-6-13(21)7-5-12/h2-9,20H,10H2,1H3,(H,22,23,24). The van der Waals surface area contributed by atoms with Gasteiger partial charge in [0.25, 0.3) is 0 Å². The van der Waals surface area contributed by atoms with Gasteiger partial charge in [-0.05, 0) is 42.8 Å². The van der Waals surface area contributed by atoms with Crippen molar-refractivity contribution in [3.8, 4) is 11.3 Å². The van der Waals surface area contributed by atoms with Gasteiger partial charge in [0.1, 0.15) is 11.1 Å². The van der Waals surface area contributed by atoms with E-state index in [4.69, 9.17) is 16.0 Å². The van der Waals surface area contributed by atoms with Gasteiger partial charge in [0, 0.05) is 16.3 Å². The lowest BCUT2D eigenvalue weighted by atomic mass is 10.1. The van der Waals surface area contributed by atoms with Gasteiger partial charge < -0.3 is 4.42 Å². The summed E-state index contributed by atoms with van der Waals surface area (Å²) < 4.78 is 5.63. The maximum absolute atomic E-state index is 12.8. The van der Waals surface area contributed by atoms with E-state index in [1.165, 1.54) is 0 Å². The first kappa shape index (κ1) is 17.3. The summed E-state index contributed by atoms with van der Waals surface area (Å²) in [5, 5.41) is 8.71. The molecule has 4 aromatic rings. The number of carbonyl (C=O) groups is 1. The van der Waals surface area contributed by atoms with E-state index in [1.54, 1.807) is 22.9 Å². The van der Waals surface area contributed by atoms with E-state index in [0.29, 0.717) is 28.0 Å². The lowest BCUT2D eigenvalue weighted by Gasteiger charge is -2.22. The minimum absolute atomic E-state index is 0.00400. The fourth-order valence-corrected chi connectivity index (χ4v) is 4.75. The van der Waals surface area contributed by atoms with Gasteiger partial charge in [-0.15, -0.1) is 11.8 Å². The molecule has 1 aliphatic rings. The molecule has 1 aromatic carbocycles. The highest BCUT2D eigenvalue weighted by Crippen LogP contribution is 2.45. The molecule has 5 rings (SSSR count). The molecule has 3 aromatic heterocycles. The van der Waals surface area contributed by atoms with Crippen molar-refractivity contribution in [3.05, 3.63) is 65.0 Å². The number of aryl methyl sites for hydroxylation is 1. The first-order valence-corrected chi connectivity index (χ1v) is 10.1. The number of pyridine rings is 1. The van der Waals surface area contributed by atoms with Gasteiger partial charge in [0.15, 0.2) is 11.5 Å². The molecule has 0 spiro atoms. The molecule has 8 heteroatoms. The Kier molecular flexibility index (Phi) is 4.14. The van der Waals surface area contributed by atoms with E-state index in [9.17, 15) is 4.79 Å². The molecule has 140 valence electrons. The summed E-state index contributed by atoms with van der Waals surface area (Å²) in [7, 11) is 0. The number of furan rings is 1. The van der Waals surface area contributed by atoms with Gasteiger partial charge in [0.05, 0.1) is 17.4 Å². The van der Waals surface area contributed by atoms with Crippen LogP contribution >= 0.6 is 23.4 Å². The summed E-state index contributed by atoms with van der Waals surface area (Å²) in [6.07, 6.45) is 1.63. The largest absolute Gasteiger partial charge is 0.464 e. The third-order valence-corrected chi connectivity index (χ3v) is 6.14. The number of thioether (sulfide) groups is 1. The summed E-state index contributed by atoms with van der Waals surface area (Å²) in [4.78, 5) is 19.1. The Balaban J connectivity index is 1.69. The molecular formula is C20H15ClN4O2S. The number of benzene rings is 1. The van der Waals surface area contributed by atoms with Gasteiger partial charge in [-0.25, -0.2) is 4.98 Å². The van der Waals surface area contributed by atoms with Crippen LogP contribution in [0.3, 0.4) is 0 Å². The van der Waals surface area contributed by atoms with Gasteiger partial charge in [-0.3, -0.25) is 14.8 Å². The number of nitrogens with zero attached hydrogens (tertiary/aromatic N) is 3. The van der Waals surface area contributed by atoms with E-state index in [1.807, 2.05) is 49.4 Å². The number of rotatable bonds is 3. The highest BCUT2D eigenvalue weighted by atomic mass is 35.5. The van der Waals surface area contributed by atoms with Crippen LogP contribution in [0.1, 0.15) is 16.6 Å². The van der Waals surface area contributed by atoms with E-state index in [-0.39, 0.29) is 11.3 Å². The predicted molar refractivity (Wildman–Crippen MR) is 110 cm³/mol. The number of hydrogen-bond acceptors (Lipinski definition) is 5. The molecule has 0 bridgehead atoms. The summed E-state index contributed by atoms with van der Waals surface area (Å²) in [6.45, 7) is 1.92. The Hall–Kier alpha value is -2.77. The number of hydrogen-bond donors (Lipinski definition) is 1. The molecule has 0 aliphatic carbocycles. The molecule has 1 fully saturated rings. The van der Waals surface area contributed by atoms with Crippen LogP contribution < -0.4 is 4.90 Å². The van der Waals surface area contributed by atoms with Crippen LogP contribution in [0, 0.1) is 6.92 Å². The molecule has 1 N–H and O–H groups in total. The smallest absolute Gasteiger partial charge is 0.239 e. The molecular weight excluding hydrogens is 396 g/mol. The number of aromatic amines is 1. The number of amides is 1. The molecule has 1 atom stereocenters. The Bertz CT molecular complexity index is 1170. The van der Waals surface area contributed by atoms with Crippen LogP contribution in [-0.4, -0.2) is 26.8 Å². The Morgan fingerprint density at radius 3 is 2.86 bits per heavy atom. The minimum atomic E-state index is -0.179. The highest BCUT2D eigenvalue weighted by Gasteiger charge is 2.37. The highest BCUT2D eigenvalue weighted by molar-refractivity contribution is 8.00. The average Bonchev–Trinajstić information content (AvgIpc) is 3.41. The van der Waals surface area contributed by atoms with Crippen molar-refractivity contribution in [1.82, 2.24) is 15.2 Å². The summed E-state index contributed by atoms with van der Waals surface area (Å²) in [5.41, 5.74) is 3.32. The topological polar surface area (TPSA) is 75.0 Å². The molecule has 1 saturated heterocycles. The van der Waals surface area contributed by atoms with Gasteiger partial charge >= 0.3 is 0 Å². The van der Waals surface area contributed by atoms with Crippen molar-refractivity contribution >= 4 is 46.1 Å². The summed E-state index contributed by atoms with van der Waals surface area (Å²) in [5.74, 6) is 1.66. The van der Waals surface area contributed by atoms with E-state index in [0.717, 1.165) is 22.2 Å². The molecule has 0 radical (unpaired) electrons. The van der Waals surface area contributed by atoms with Gasteiger partial charge in [-0.1, -0.05) is 23.7 Å². The van der Waals surface area contributed by atoms with E-state index >= 15 is 0 Å². The fourth-order valence-electron chi connectivity index (χ4n) is 3.47. The van der Waals surface area contributed by atoms with Crippen LogP contribution in [0.25, 0.3) is 22.4 Å². The molecule has 28 heavy (non-hydrogen) atoms. The summed E-state index contributed by atoms with van der Waals surface area (Å²) >= 11 is 7.60. The zero-order chi connectivity index (χ0) is 19.3. The van der Waals surface area contributed by atoms with Crippen molar-refractivity contribution in [2.24, 2.45) is 0 Å². The first-order chi connectivity index (χ1) is 13.6. The monoisotopic (exact) mass is 410 g/mol. The van der Waals surface area contributed by atoms with Crippen molar-refractivity contribution in [2.45, 2.75) is 12.3 Å². The third kappa shape index (κ3) is 2.78. The minimum Gasteiger partial charge on any atom is -0.464 e. The second-order valence-electron chi connectivity index (χ2n) is 6.54. The maximum Gasteiger partial charge on any atom is 0.239 e. The maximum atomic E-state index is 12.8. The molecule has 4 heterocycles. The van der Waals surface area contributed by atoms with Crippen molar-refractivity contribution in [1.29, 1.82) is 0 Å². The van der Waals surface area contributed by atoms with Crippen LogP contribution in [0.15, 0.2) is 53.1 Å². The number of fused-ring (bicyclic) bond motifs is 1. The number of halogens is 1. The van der Waals surface area contributed by atoms with Crippen molar-refractivity contribution in [3.63, 3.8) is 0 Å². The molecule has 0 saturated carbocycles. The van der Waals surface area contributed by atoms with Crippen LogP contribution in [-0.2, 0) is 4.79 Å². The molecule has 1 aliphatic heterocycles. The number of nitrogens with one attached hydrogen (secondary N) is 1. The second-order valence-corrected chi connectivity index (χ2v) is 8.04. The lowest BCUT2D eigenvalue weighted by molar-refractivity contribution is -0.115. The zero-order valence-corrected chi connectivity index (χ0v) is 16.4. The normalized spacial score (nSPS) is 17.0. The quantitative estimate of drug-likeness (QED) is 0.516. The van der Waals surface area contributed by atoms with Gasteiger partial charge in [0.2, 0.25) is 5.91 Å². The van der Waals surface area contributed by atoms with Gasteiger partial charge in [-0.2, -0.15) is 5.10 Å². The summed E-state index contributed by atoms with van der Waals surface area (Å²) in [6, 6.07) is 13.2. The predicted octanol–water partition coefficient (Wildman–Crippen LogP) is 4.96. The van der Waals surface area contributed by atoms with E-state index < -0.39 is 0 Å². The number of carbonyl (C=O) groups excluding carboxylic acids is 1.